The molecule has 0 aliphatic carbocycles. The second-order valence-electron chi connectivity index (χ2n) is 3.98. The maximum atomic E-state index is 6.18. The third kappa shape index (κ3) is 2.26. The van der Waals surface area contributed by atoms with Gasteiger partial charge < -0.3 is 10.6 Å². The molecule has 0 aliphatic rings. The molecular formula is C13H16N2S. The summed E-state index contributed by atoms with van der Waals surface area (Å²) in [6.07, 6.45) is 0. The van der Waals surface area contributed by atoms with Crippen LogP contribution < -0.4 is 10.6 Å². The summed E-state index contributed by atoms with van der Waals surface area (Å²) < 4.78 is 0. The van der Waals surface area contributed by atoms with Crippen LogP contribution in [0.5, 0.6) is 0 Å². The molecule has 0 bridgehead atoms. The Morgan fingerprint density at radius 1 is 1.12 bits per heavy atom. The fourth-order valence-corrected chi connectivity index (χ4v) is 2.37. The highest BCUT2D eigenvalue weighted by Crippen LogP contribution is 2.25. The number of anilines is 1. The summed E-state index contributed by atoms with van der Waals surface area (Å²) >= 11 is 1.70. The number of nitrogens with zero attached hydrogens (tertiary/aromatic N) is 1. The second-order valence-corrected chi connectivity index (χ2v) is 4.96. The standard InChI is InChI=1S/C13H16N2S/c1-15(2)11-7-5-10(6-8-11)13(14)12-4-3-9-16-12/h3-9,13H,14H2,1-2H3. The number of hydrogen-bond acceptors (Lipinski definition) is 3. The molecule has 0 fully saturated rings. The Morgan fingerprint density at radius 2 is 1.81 bits per heavy atom. The van der Waals surface area contributed by atoms with Gasteiger partial charge in [-0.2, -0.15) is 0 Å². The molecule has 2 aromatic rings. The van der Waals surface area contributed by atoms with Gasteiger partial charge in [-0.15, -0.1) is 11.3 Å². The lowest BCUT2D eigenvalue weighted by molar-refractivity contribution is 0.893. The summed E-state index contributed by atoms with van der Waals surface area (Å²) in [5, 5.41) is 2.06. The highest BCUT2D eigenvalue weighted by atomic mass is 32.1. The first-order chi connectivity index (χ1) is 7.68. The van der Waals surface area contributed by atoms with Crippen molar-refractivity contribution in [2.45, 2.75) is 6.04 Å². The van der Waals surface area contributed by atoms with Crippen molar-refractivity contribution in [3.05, 3.63) is 52.2 Å². The minimum absolute atomic E-state index is 0.00351. The average molecular weight is 232 g/mol. The molecule has 84 valence electrons. The van der Waals surface area contributed by atoms with E-state index in [1.807, 2.05) is 20.2 Å². The van der Waals surface area contributed by atoms with Gasteiger partial charge >= 0.3 is 0 Å². The Kier molecular flexibility index (Phi) is 3.27. The monoisotopic (exact) mass is 232 g/mol. The van der Waals surface area contributed by atoms with Crippen molar-refractivity contribution in [1.82, 2.24) is 0 Å². The van der Waals surface area contributed by atoms with Gasteiger partial charge in [0.2, 0.25) is 0 Å². The van der Waals surface area contributed by atoms with Crippen molar-refractivity contribution in [1.29, 1.82) is 0 Å². The van der Waals surface area contributed by atoms with E-state index in [0.29, 0.717) is 0 Å². The van der Waals surface area contributed by atoms with Crippen LogP contribution in [0, 0.1) is 0 Å². The molecule has 0 aliphatic heterocycles. The highest BCUT2D eigenvalue weighted by Gasteiger charge is 2.09. The molecule has 3 heteroatoms. The number of hydrogen-bond donors (Lipinski definition) is 1. The quantitative estimate of drug-likeness (QED) is 0.881. The van der Waals surface area contributed by atoms with E-state index in [1.165, 1.54) is 10.6 Å². The molecule has 1 atom stereocenters. The van der Waals surface area contributed by atoms with E-state index in [4.69, 9.17) is 5.73 Å². The number of benzene rings is 1. The lowest BCUT2D eigenvalue weighted by Gasteiger charge is -2.15. The van der Waals surface area contributed by atoms with Gasteiger partial charge in [-0.25, -0.2) is 0 Å². The van der Waals surface area contributed by atoms with Gasteiger partial charge in [0.05, 0.1) is 6.04 Å². The zero-order valence-electron chi connectivity index (χ0n) is 9.55. The van der Waals surface area contributed by atoms with Crippen LogP contribution in [-0.2, 0) is 0 Å². The predicted molar refractivity (Wildman–Crippen MR) is 71.1 cm³/mol. The van der Waals surface area contributed by atoms with E-state index in [-0.39, 0.29) is 6.04 Å². The maximum Gasteiger partial charge on any atom is 0.0646 e. The van der Waals surface area contributed by atoms with Crippen LogP contribution in [0.15, 0.2) is 41.8 Å². The third-order valence-corrected chi connectivity index (χ3v) is 3.57. The van der Waals surface area contributed by atoms with Crippen molar-refractivity contribution >= 4 is 17.0 Å². The van der Waals surface area contributed by atoms with Gasteiger partial charge in [0, 0.05) is 24.7 Å². The Morgan fingerprint density at radius 3 is 2.31 bits per heavy atom. The molecule has 2 nitrogen and oxygen atoms in total. The summed E-state index contributed by atoms with van der Waals surface area (Å²) in [6, 6.07) is 12.5. The summed E-state index contributed by atoms with van der Waals surface area (Å²) in [4.78, 5) is 3.29. The Labute approximate surface area is 100 Å². The molecule has 1 aromatic carbocycles. The van der Waals surface area contributed by atoms with E-state index in [2.05, 4.69) is 40.6 Å². The molecule has 16 heavy (non-hydrogen) atoms. The number of thiophene rings is 1. The molecule has 0 amide bonds. The molecule has 0 spiro atoms. The van der Waals surface area contributed by atoms with Crippen molar-refractivity contribution in [3.8, 4) is 0 Å². The largest absolute Gasteiger partial charge is 0.378 e. The van der Waals surface area contributed by atoms with Crippen LogP contribution in [-0.4, -0.2) is 14.1 Å². The topological polar surface area (TPSA) is 29.3 Å². The molecule has 1 aromatic heterocycles. The summed E-state index contributed by atoms with van der Waals surface area (Å²) in [7, 11) is 4.07. The van der Waals surface area contributed by atoms with Gasteiger partial charge in [0.1, 0.15) is 0 Å². The lowest BCUT2D eigenvalue weighted by atomic mass is 10.1. The minimum atomic E-state index is -0.00351. The second kappa shape index (κ2) is 4.68. The minimum Gasteiger partial charge on any atom is -0.378 e. The first-order valence-electron chi connectivity index (χ1n) is 5.25. The third-order valence-electron chi connectivity index (χ3n) is 2.62. The maximum absolute atomic E-state index is 6.18. The Balaban J connectivity index is 2.22. The van der Waals surface area contributed by atoms with Crippen molar-refractivity contribution in [3.63, 3.8) is 0 Å². The van der Waals surface area contributed by atoms with E-state index in [9.17, 15) is 0 Å². The van der Waals surface area contributed by atoms with Gasteiger partial charge in [-0.05, 0) is 29.1 Å². The van der Waals surface area contributed by atoms with Crippen LogP contribution in [0.3, 0.4) is 0 Å². The Hall–Kier alpha value is -1.32. The number of nitrogens with two attached hydrogens (primary N) is 1. The van der Waals surface area contributed by atoms with Gasteiger partial charge in [-0.3, -0.25) is 0 Å². The normalized spacial score (nSPS) is 12.4. The molecular weight excluding hydrogens is 216 g/mol. The first kappa shape index (κ1) is 11.2. The van der Waals surface area contributed by atoms with Gasteiger partial charge in [0.25, 0.3) is 0 Å². The van der Waals surface area contributed by atoms with E-state index in [0.717, 1.165) is 5.56 Å². The highest BCUT2D eigenvalue weighted by molar-refractivity contribution is 7.10. The van der Waals surface area contributed by atoms with E-state index in [1.54, 1.807) is 11.3 Å². The van der Waals surface area contributed by atoms with Crippen molar-refractivity contribution < 1.29 is 0 Å². The molecule has 1 unspecified atom stereocenters. The predicted octanol–water partition coefficient (Wildman–Crippen LogP) is 2.86. The fourth-order valence-electron chi connectivity index (χ4n) is 1.61. The van der Waals surface area contributed by atoms with Gasteiger partial charge in [-0.1, -0.05) is 18.2 Å². The van der Waals surface area contributed by atoms with Crippen LogP contribution in [0.4, 0.5) is 5.69 Å². The van der Waals surface area contributed by atoms with Crippen LogP contribution in [0.1, 0.15) is 16.5 Å². The average Bonchev–Trinajstić information content (AvgIpc) is 2.81. The summed E-state index contributed by atoms with van der Waals surface area (Å²) in [6.45, 7) is 0. The lowest BCUT2D eigenvalue weighted by Crippen LogP contribution is -2.11. The Bertz CT molecular complexity index is 431. The van der Waals surface area contributed by atoms with Crippen LogP contribution in [0.2, 0.25) is 0 Å². The molecule has 1 heterocycles. The van der Waals surface area contributed by atoms with Crippen molar-refractivity contribution in [2.24, 2.45) is 5.73 Å². The SMILES string of the molecule is CN(C)c1ccc(C(N)c2cccs2)cc1. The molecule has 0 saturated carbocycles. The van der Waals surface area contributed by atoms with E-state index >= 15 is 0 Å². The molecule has 2 N–H and O–H groups in total. The van der Waals surface area contributed by atoms with Crippen molar-refractivity contribution in [2.75, 3.05) is 19.0 Å². The molecule has 2 rings (SSSR count). The summed E-state index contributed by atoms with van der Waals surface area (Å²) in [5.41, 5.74) is 8.54. The smallest absolute Gasteiger partial charge is 0.0646 e. The van der Waals surface area contributed by atoms with Crippen LogP contribution >= 0.6 is 11.3 Å². The molecule has 0 radical (unpaired) electrons. The van der Waals surface area contributed by atoms with Gasteiger partial charge in [0.15, 0.2) is 0 Å². The summed E-state index contributed by atoms with van der Waals surface area (Å²) in [5.74, 6) is 0. The molecule has 0 saturated heterocycles. The van der Waals surface area contributed by atoms with Crippen LogP contribution in [0.25, 0.3) is 0 Å². The zero-order valence-corrected chi connectivity index (χ0v) is 10.4. The fraction of sp³-hybridized carbons (Fsp3) is 0.231. The first-order valence-corrected chi connectivity index (χ1v) is 6.12. The zero-order chi connectivity index (χ0) is 11.5. The van der Waals surface area contributed by atoms with E-state index < -0.39 is 0 Å². The number of rotatable bonds is 3.